The van der Waals surface area contributed by atoms with Crippen molar-refractivity contribution in [3.8, 4) is 0 Å². The molecule has 0 amide bonds. The van der Waals surface area contributed by atoms with Gasteiger partial charge in [-0.2, -0.15) is 4.98 Å². The Balaban J connectivity index is 2.28. The van der Waals surface area contributed by atoms with Gasteiger partial charge in [0, 0.05) is 6.54 Å². The van der Waals surface area contributed by atoms with E-state index in [1.165, 1.54) is 0 Å². The largest absolute Gasteiger partial charge is 0.338 e. The quantitative estimate of drug-likeness (QED) is 0.780. The normalized spacial score (nSPS) is 11.7. The van der Waals surface area contributed by atoms with Crippen LogP contribution in [0, 0.1) is 12.3 Å². The fraction of sp³-hybridized carbons (Fsp3) is 0.778. The molecule has 0 aliphatic heterocycles. The van der Waals surface area contributed by atoms with Crippen molar-refractivity contribution in [3.05, 3.63) is 5.82 Å². The van der Waals surface area contributed by atoms with E-state index < -0.39 is 0 Å². The monoisotopic (exact) mass is 183 g/mol. The molecule has 74 valence electrons. The molecular weight excluding hydrogens is 166 g/mol. The molecule has 4 heteroatoms. The fourth-order valence-electron chi connectivity index (χ4n) is 0.913. The van der Waals surface area contributed by atoms with Gasteiger partial charge in [0.15, 0.2) is 5.82 Å². The van der Waals surface area contributed by atoms with Gasteiger partial charge in [-0.1, -0.05) is 25.9 Å². The maximum absolute atomic E-state index is 4.91. The molecule has 1 N–H and O–H groups in total. The van der Waals surface area contributed by atoms with Gasteiger partial charge in [-0.25, -0.2) is 0 Å². The number of aryl methyl sites for hydroxylation is 1. The Morgan fingerprint density at radius 1 is 1.38 bits per heavy atom. The van der Waals surface area contributed by atoms with Gasteiger partial charge in [-0.15, -0.1) is 0 Å². The van der Waals surface area contributed by atoms with Gasteiger partial charge in [-0.3, -0.25) is 0 Å². The highest BCUT2D eigenvalue weighted by Gasteiger charge is 2.10. The van der Waals surface area contributed by atoms with Crippen molar-refractivity contribution >= 4 is 6.01 Å². The van der Waals surface area contributed by atoms with Gasteiger partial charge in [0.1, 0.15) is 0 Å². The summed E-state index contributed by atoms with van der Waals surface area (Å²) < 4.78 is 4.91. The molecule has 0 bridgehead atoms. The second kappa shape index (κ2) is 3.77. The molecule has 0 radical (unpaired) electrons. The Morgan fingerprint density at radius 3 is 2.54 bits per heavy atom. The average molecular weight is 183 g/mol. The summed E-state index contributed by atoms with van der Waals surface area (Å²) in [5, 5.41) is 6.76. The van der Waals surface area contributed by atoms with Crippen LogP contribution in [0.15, 0.2) is 4.52 Å². The molecule has 0 unspecified atom stereocenters. The molecule has 0 aliphatic rings. The van der Waals surface area contributed by atoms with Crippen LogP contribution in [0.1, 0.15) is 33.0 Å². The predicted molar refractivity (Wildman–Crippen MR) is 51.6 cm³/mol. The second-order valence-corrected chi connectivity index (χ2v) is 4.38. The number of aromatic nitrogens is 2. The number of hydrogen-bond donors (Lipinski definition) is 1. The van der Waals surface area contributed by atoms with Crippen LogP contribution in [-0.4, -0.2) is 16.7 Å². The minimum Gasteiger partial charge on any atom is -0.338 e. The van der Waals surface area contributed by atoms with Crippen LogP contribution in [-0.2, 0) is 0 Å². The topological polar surface area (TPSA) is 51.0 Å². The van der Waals surface area contributed by atoms with E-state index in [1.807, 2.05) is 0 Å². The molecule has 4 nitrogen and oxygen atoms in total. The molecule has 1 heterocycles. The highest BCUT2D eigenvalue weighted by molar-refractivity contribution is 5.17. The van der Waals surface area contributed by atoms with E-state index in [2.05, 4.69) is 36.2 Å². The molecule has 0 atom stereocenters. The van der Waals surface area contributed by atoms with Crippen LogP contribution in [0.5, 0.6) is 0 Å². The lowest BCUT2D eigenvalue weighted by Gasteiger charge is -2.17. The summed E-state index contributed by atoms with van der Waals surface area (Å²) in [4.78, 5) is 4.04. The second-order valence-electron chi connectivity index (χ2n) is 4.38. The van der Waals surface area contributed by atoms with Crippen LogP contribution in [0.2, 0.25) is 0 Å². The van der Waals surface area contributed by atoms with Crippen LogP contribution < -0.4 is 5.32 Å². The summed E-state index contributed by atoms with van der Waals surface area (Å²) >= 11 is 0. The molecular formula is C9H17N3O. The first kappa shape index (κ1) is 10.0. The van der Waals surface area contributed by atoms with Gasteiger partial charge < -0.3 is 9.84 Å². The third-order valence-corrected chi connectivity index (χ3v) is 1.68. The van der Waals surface area contributed by atoms with E-state index in [9.17, 15) is 0 Å². The maximum atomic E-state index is 4.91. The Morgan fingerprint density at radius 2 is 2.08 bits per heavy atom. The summed E-state index contributed by atoms with van der Waals surface area (Å²) in [5.74, 6) is 0.665. The van der Waals surface area contributed by atoms with Crippen LogP contribution >= 0.6 is 0 Å². The lowest BCUT2D eigenvalue weighted by atomic mass is 9.92. The maximum Gasteiger partial charge on any atom is 0.321 e. The molecule has 0 aromatic carbocycles. The van der Waals surface area contributed by atoms with E-state index in [4.69, 9.17) is 4.52 Å². The lowest BCUT2D eigenvalue weighted by molar-refractivity contribution is 0.382. The van der Waals surface area contributed by atoms with E-state index in [0.29, 0.717) is 17.3 Å². The minimum absolute atomic E-state index is 0.335. The number of anilines is 1. The number of hydrogen-bond acceptors (Lipinski definition) is 4. The Hall–Kier alpha value is -1.06. The molecule has 1 aromatic heterocycles. The van der Waals surface area contributed by atoms with Gasteiger partial charge >= 0.3 is 6.01 Å². The standard InChI is InChI=1S/C9H17N3O/c1-7-11-8(13-12-7)10-6-5-9(2,3)4/h5-6H2,1-4H3,(H,10,11,12). The first-order valence-corrected chi connectivity index (χ1v) is 4.51. The molecule has 0 fully saturated rings. The summed E-state index contributed by atoms with van der Waals surface area (Å²) in [5.41, 5.74) is 0.335. The van der Waals surface area contributed by atoms with E-state index in [0.717, 1.165) is 13.0 Å². The third-order valence-electron chi connectivity index (χ3n) is 1.68. The first-order valence-electron chi connectivity index (χ1n) is 4.51. The Bertz CT molecular complexity index is 262. The van der Waals surface area contributed by atoms with Crippen LogP contribution in [0.3, 0.4) is 0 Å². The zero-order chi connectivity index (χ0) is 9.90. The van der Waals surface area contributed by atoms with Crippen molar-refractivity contribution in [1.82, 2.24) is 10.1 Å². The summed E-state index contributed by atoms with van der Waals surface area (Å²) in [7, 11) is 0. The minimum atomic E-state index is 0.335. The van der Waals surface area contributed by atoms with Crippen molar-refractivity contribution in [2.75, 3.05) is 11.9 Å². The number of rotatable bonds is 3. The zero-order valence-electron chi connectivity index (χ0n) is 8.72. The van der Waals surface area contributed by atoms with Gasteiger partial charge in [0.2, 0.25) is 0 Å². The van der Waals surface area contributed by atoms with Gasteiger partial charge in [0.25, 0.3) is 0 Å². The van der Waals surface area contributed by atoms with E-state index >= 15 is 0 Å². The molecule has 1 aromatic rings. The lowest BCUT2D eigenvalue weighted by Crippen LogP contribution is -2.12. The molecule has 13 heavy (non-hydrogen) atoms. The highest BCUT2D eigenvalue weighted by Crippen LogP contribution is 2.18. The van der Waals surface area contributed by atoms with Crippen molar-refractivity contribution < 1.29 is 4.52 Å². The van der Waals surface area contributed by atoms with Crippen LogP contribution in [0.25, 0.3) is 0 Å². The van der Waals surface area contributed by atoms with E-state index in [1.54, 1.807) is 6.92 Å². The third kappa shape index (κ3) is 3.92. The summed E-state index contributed by atoms with van der Waals surface area (Å²) in [6.45, 7) is 9.28. The van der Waals surface area contributed by atoms with Gasteiger partial charge in [-0.05, 0) is 18.8 Å². The Kier molecular flexibility index (Phi) is 2.90. The van der Waals surface area contributed by atoms with Crippen molar-refractivity contribution in [3.63, 3.8) is 0 Å². The average Bonchev–Trinajstić information content (AvgIpc) is 2.33. The number of nitrogens with zero attached hydrogens (tertiary/aromatic N) is 2. The summed E-state index contributed by atoms with van der Waals surface area (Å²) in [6.07, 6.45) is 1.08. The molecule has 0 saturated heterocycles. The molecule has 0 spiro atoms. The molecule has 1 rings (SSSR count). The van der Waals surface area contributed by atoms with Crippen LogP contribution in [0.4, 0.5) is 6.01 Å². The SMILES string of the molecule is Cc1noc(NCCC(C)(C)C)n1. The smallest absolute Gasteiger partial charge is 0.321 e. The van der Waals surface area contributed by atoms with Crippen molar-refractivity contribution in [2.24, 2.45) is 5.41 Å². The van der Waals surface area contributed by atoms with Crippen molar-refractivity contribution in [1.29, 1.82) is 0 Å². The zero-order valence-corrected chi connectivity index (χ0v) is 8.72. The van der Waals surface area contributed by atoms with E-state index in [-0.39, 0.29) is 0 Å². The molecule has 0 aliphatic carbocycles. The summed E-state index contributed by atoms with van der Waals surface area (Å²) in [6, 6.07) is 0.516. The van der Waals surface area contributed by atoms with Crippen molar-refractivity contribution in [2.45, 2.75) is 34.1 Å². The Labute approximate surface area is 78.7 Å². The fourth-order valence-corrected chi connectivity index (χ4v) is 0.913. The first-order chi connectivity index (χ1) is 5.97. The highest BCUT2D eigenvalue weighted by atomic mass is 16.5. The predicted octanol–water partition coefficient (Wildman–Crippen LogP) is 2.23. The van der Waals surface area contributed by atoms with Gasteiger partial charge in [0.05, 0.1) is 0 Å². The number of nitrogens with one attached hydrogen (secondary N) is 1. The molecule has 0 saturated carbocycles.